The molecular weight excluding hydrogens is 332 g/mol. The number of likely N-dealkylation sites (tertiary alicyclic amines) is 1. The Morgan fingerprint density at radius 3 is 2.96 bits per heavy atom. The summed E-state index contributed by atoms with van der Waals surface area (Å²) in [6.07, 6.45) is 3.16. The van der Waals surface area contributed by atoms with E-state index in [-0.39, 0.29) is 6.04 Å². The SMILES string of the molecule is Cc1nc(CN2CCCCC2c2nc(-c3cccc(C#N)c3)no2)no1. The van der Waals surface area contributed by atoms with Crippen molar-refractivity contribution in [1.29, 1.82) is 5.26 Å². The van der Waals surface area contributed by atoms with E-state index in [1.165, 1.54) is 0 Å². The zero-order valence-electron chi connectivity index (χ0n) is 14.4. The van der Waals surface area contributed by atoms with E-state index in [2.05, 4.69) is 31.3 Å². The summed E-state index contributed by atoms with van der Waals surface area (Å²) in [5.41, 5.74) is 1.34. The van der Waals surface area contributed by atoms with Gasteiger partial charge in [0.15, 0.2) is 5.82 Å². The van der Waals surface area contributed by atoms with Crippen molar-refractivity contribution < 1.29 is 9.05 Å². The Balaban J connectivity index is 1.57. The lowest BCUT2D eigenvalue weighted by molar-refractivity contribution is 0.107. The minimum atomic E-state index is 0.0305. The van der Waals surface area contributed by atoms with Crippen LogP contribution in [0.25, 0.3) is 11.4 Å². The first-order chi connectivity index (χ1) is 12.7. The van der Waals surface area contributed by atoms with Crippen LogP contribution in [0.15, 0.2) is 33.3 Å². The molecule has 1 aromatic carbocycles. The van der Waals surface area contributed by atoms with Crippen molar-refractivity contribution in [3.63, 3.8) is 0 Å². The molecule has 0 aliphatic carbocycles. The van der Waals surface area contributed by atoms with E-state index in [1.54, 1.807) is 19.1 Å². The molecule has 0 N–H and O–H groups in total. The smallest absolute Gasteiger partial charge is 0.244 e. The van der Waals surface area contributed by atoms with Crippen LogP contribution < -0.4 is 0 Å². The van der Waals surface area contributed by atoms with Crippen LogP contribution in [0.1, 0.15) is 48.5 Å². The first-order valence-electron chi connectivity index (χ1n) is 8.60. The van der Waals surface area contributed by atoms with Crippen molar-refractivity contribution >= 4 is 0 Å². The lowest BCUT2D eigenvalue weighted by Crippen LogP contribution is -2.33. The molecular formula is C18H18N6O2. The van der Waals surface area contributed by atoms with E-state index in [0.717, 1.165) is 31.4 Å². The molecule has 3 heterocycles. The van der Waals surface area contributed by atoms with Crippen LogP contribution >= 0.6 is 0 Å². The van der Waals surface area contributed by atoms with Crippen LogP contribution in [-0.4, -0.2) is 31.7 Å². The van der Waals surface area contributed by atoms with Gasteiger partial charge >= 0.3 is 0 Å². The fourth-order valence-electron chi connectivity index (χ4n) is 3.26. The predicted octanol–water partition coefficient (Wildman–Crippen LogP) is 3.03. The van der Waals surface area contributed by atoms with Gasteiger partial charge in [-0.25, -0.2) is 0 Å². The Morgan fingerprint density at radius 2 is 2.15 bits per heavy atom. The molecule has 0 radical (unpaired) electrons. The van der Waals surface area contributed by atoms with Crippen molar-refractivity contribution in [2.75, 3.05) is 6.54 Å². The van der Waals surface area contributed by atoms with Gasteiger partial charge in [0.1, 0.15) is 0 Å². The summed E-state index contributed by atoms with van der Waals surface area (Å²) >= 11 is 0. The van der Waals surface area contributed by atoms with Gasteiger partial charge in [0.05, 0.1) is 24.2 Å². The third-order valence-corrected chi connectivity index (χ3v) is 4.50. The van der Waals surface area contributed by atoms with E-state index in [9.17, 15) is 0 Å². The molecule has 1 atom stereocenters. The normalized spacial score (nSPS) is 17.9. The predicted molar refractivity (Wildman–Crippen MR) is 90.5 cm³/mol. The van der Waals surface area contributed by atoms with Gasteiger partial charge in [-0.05, 0) is 31.5 Å². The third kappa shape index (κ3) is 3.34. The van der Waals surface area contributed by atoms with E-state index < -0.39 is 0 Å². The van der Waals surface area contributed by atoms with Crippen LogP contribution in [0.2, 0.25) is 0 Å². The molecule has 2 aromatic heterocycles. The molecule has 8 heteroatoms. The maximum atomic E-state index is 9.05. The van der Waals surface area contributed by atoms with Crippen LogP contribution in [0.3, 0.4) is 0 Å². The topological polar surface area (TPSA) is 105 Å². The third-order valence-electron chi connectivity index (χ3n) is 4.50. The molecule has 3 aromatic rings. The monoisotopic (exact) mass is 350 g/mol. The first kappa shape index (κ1) is 16.4. The molecule has 26 heavy (non-hydrogen) atoms. The summed E-state index contributed by atoms with van der Waals surface area (Å²) in [6, 6.07) is 9.35. The summed E-state index contributed by atoms with van der Waals surface area (Å²) in [6.45, 7) is 3.29. The molecule has 0 amide bonds. The van der Waals surface area contributed by atoms with E-state index >= 15 is 0 Å². The minimum absolute atomic E-state index is 0.0305. The fraction of sp³-hybridized carbons (Fsp3) is 0.389. The molecule has 8 nitrogen and oxygen atoms in total. The number of aromatic nitrogens is 4. The molecule has 1 aliphatic heterocycles. The average Bonchev–Trinajstić information content (AvgIpc) is 3.32. The molecule has 0 spiro atoms. The Labute approximate surface area is 150 Å². The van der Waals surface area contributed by atoms with Gasteiger partial charge in [-0.15, -0.1) is 0 Å². The minimum Gasteiger partial charge on any atom is -0.340 e. The second kappa shape index (κ2) is 7.06. The number of hydrogen-bond donors (Lipinski definition) is 0. The molecule has 4 rings (SSSR count). The summed E-state index contributed by atoms with van der Waals surface area (Å²) in [4.78, 5) is 11.1. The van der Waals surface area contributed by atoms with Crippen LogP contribution in [0.4, 0.5) is 0 Å². The highest BCUT2D eigenvalue weighted by Crippen LogP contribution is 2.32. The number of nitriles is 1. The molecule has 0 saturated carbocycles. The van der Waals surface area contributed by atoms with Crippen molar-refractivity contribution in [3.8, 4) is 17.5 Å². The largest absolute Gasteiger partial charge is 0.340 e. The number of benzene rings is 1. The molecule has 1 unspecified atom stereocenters. The Hall–Kier alpha value is -3.05. The van der Waals surface area contributed by atoms with Gasteiger partial charge < -0.3 is 9.05 Å². The van der Waals surface area contributed by atoms with E-state index in [1.807, 2.05) is 12.1 Å². The second-order valence-corrected chi connectivity index (χ2v) is 6.36. The van der Waals surface area contributed by atoms with E-state index in [4.69, 9.17) is 14.3 Å². The van der Waals surface area contributed by atoms with Gasteiger partial charge in [-0.2, -0.15) is 15.2 Å². The number of rotatable bonds is 4. The molecule has 1 aliphatic rings. The van der Waals surface area contributed by atoms with Gasteiger partial charge in [0.25, 0.3) is 0 Å². The summed E-state index contributed by atoms with van der Waals surface area (Å²) in [7, 11) is 0. The Bertz CT molecular complexity index is 941. The van der Waals surface area contributed by atoms with Crippen molar-refractivity contribution in [3.05, 3.63) is 47.4 Å². The fourth-order valence-corrected chi connectivity index (χ4v) is 3.26. The Kier molecular flexibility index (Phi) is 4.46. The summed E-state index contributed by atoms with van der Waals surface area (Å²) < 4.78 is 10.6. The highest BCUT2D eigenvalue weighted by Gasteiger charge is 2.30. The average molecular weight is 350 g/mol. The molecule has 132 valence electrons. The maximum Gasteiger partial charge on any atom is 0.244 e. The summed E-state index contributed by atoms with van der Waals surface area (Å²) in [5, 5.41) is 17.1. The van der Waals surface area contributed by atoms with E-state index in [0.29, 0.717) is 35.5 Å². The van der Waals surface area contributed by atoms with Crippen molar-refractivity contribution in [2.24, 2.45) is 0 Å². The molecule has 1 saturated heterocycles. The van der Waals surface area contributed by atoms with Gasteiger partial charge in [-0.3, -0.25) is 4.90 Å². The van der Waals surface area contributed by atoms with Gasteiger partial charge in [-0.1, -0.05) is 28.9 Å². The standard InChI is InChI=1S/C18H18N6O2/c1-12-20-16(22-25-12)11-24-8-3-2-7-15(24)18-21-17(23-26-18)14-6-4-5-13(9-14)10-19/h4-6,9,15H,2-3,7-8,11H2,1H3. The van der Waals surface area contributed by atoms with Crippen LogP contribution in [0, 0.1) is 18.3 Å². The zero-order chi connectivity index (χ0) is 17.9. The number of piperidine rings is 1. The second-order valence-electron chi connectivity index (χ2n) is 6.36. The summed E-state index contributed by atoms with van der Waals surface area (Å²) in [5.74, 6) is 2.31. The quantitative estimate of drug-likeness (QED) is 0.707. The highest BCUT2D eigenvalue weighted by atomic mass is 16.5. The number of aryl methyl sites for hydroxylation is 1. The number of nitrogens with zero attached hydrogens (tertiary/aromatic N) is 6. The molecule has 1 fully saturated rings. The van der Waals surface area contributed by atoms with Crippen molar-refractivity contribution in [1.82, 2.24) is 25.2 Å². The van der Waals surface area contributed by atoms with Crippen LogP contribution in [-0.2, 0) is 6.54 Å². The van der Waals surface area contributed by atoms with Crippen molar-refractivity contribution in [2.45, 2.75) is 38.8 Å². The first-order valence-corrected chi connectivity index (χ1v) is 8.60. The maximum absolute atomic E-state index is 9.05. The lowest BCUT2D eigenvalue weighted by atomic mass is 10.0. The molecule has 0 bridgehead atoms. The van der Waals surface area contributed by atoms with Crippen LogP contribution in [0.5, 0.6) is 0 Å². The highest BCUT2D eigenvalue weighted by molar-refractivity contribution is 5.57. The number of hydrogen-bond acceptors (Lipinski definition) is 8. The lowest BCUT2D eigenvalue weighted by Gasteiger charge is -2.32. The van der Waals surface area contributed by atoms with Gasteiger partial charge in [0.2, 0.25) is 17.6 Å². The van der Waals surface area contributed by atoms with Gasteiger partial charge in [0, 0.05) is 12.5 Å². The zero-order valence-corrected chi connectivity index (χ0v) is 14.4. The Morgan fingerprint density at radius 1 is 1.23 bits per heavy atom.